The average Bonchev–Trinajstić information content (AvgIpc) is 3.23. The van der Waals surface area contributed by atoms with E-state index in [-0.39, 0.29) is 5.91 Å². The summed E-state index contributed by atoms with van der Waals surface area (Å²) in [5.74, 6) is 0.384. The number of hydrogen-bond acceptors (Lipinski definition) is 5. The van der Waals surface area contributed by atoms with Crippen LogP contribution in [-0.4, -0.2) is 41.5 Å². The third-order valence-electron chi connectivity index (χ3n) is 5.64. The molecule has 1 aliphatic heterocycles. The van der Waals surface area contributed by atoms with Crippen LogP contribution in [0.5, 0.6) is 0 Å². The van der Waals surface area contributed by atoms with E-state index in [1.54, 1.807) is 24.5 Å². The molecule has 0 bridgehead atoms. The average molecular weight is 427 g/mol. The molecule has 0 aliphatic carbocycles. The van der Waals surface area contributed by atoms with E-state index in [4.69, 9.17) is 16.0 Å². The van der Waals surface area contributed by atoms with Crippen molar-refractivity contribution in [1.82, 2.24) is 15.2 Å². The predicted octanol–water partition coefficient (Wildman–Crippen LogP) is 5.22. The van der Waals surface area contributed by atoms with Crippen molar-refractivity contribution in [2.24, 2.45) is 0 Å². The van der Waals surface area contributed by atoms with Crippen LogP contribution in [0.3, 0.4) is 0 Å². The summed E-state index contributed by atoms with van der Waals surface area (Å²) in [5, 5.41) is 7.73. The number of halogens is 1. The molecule has 0 saturated carbocycles. The third-order valence-corrected chi connectivity index (χ3v) is 5.89. The molecule has 3 heterocycles. The van der Waals surface area contributed by atoms with Crippen LogP contribution < -0.4 is 10.6 Å². The zero-order valence-corrected chi connectivity index (χ0v) is 17.9. The number of likely N-dealkylation sites (tertiary alicyclic amines) is 1. The van der Waals surface area contributed by atoms with Crippen LogP contribution in [0.1, 0.15) is 43.1 Å². The normalized spacial score (nSPS) is 17.2. The topological polar surface area (TPSA) is 70.4 Å². The number of furan rings is 1. The molecule has 0 unspecified atom stereocenters. The maximum atomic E-state index is 12.7. The molecular weight excluding hydrogens is 400 g/mol. The highest BCUT2D eigenvalue weighted by Gasteiger charge is 2.18. The number of nitrogens with one attached hydrogen (secondary N) is 2. The van der Waals surface area contributed by atoms with Gasteiger partial charge < -0.3 is 20.0 Å². The van der Waals surface area contributed by atoms with E-state index in [1.807, 2.05) is 18.2 Å². The number of carbonyl (C=O) groups excluding carboxylic acids is 1. The van der Waals surface area contributed by atoms with E-state index in [0.717, 1.165) is 30.6 Å². The van der Waals surface area contributed by atoms with E-state index < -0.39 is 0 Å². The van der Waals surface area contributed by atoms with E-state index in [9.17, 15) is 4.79 Å². The standard InChI is InChI=1S/C23H27ClN4O2/c1-16-5-2-3-12-28(16)13-4-11-25-23(29)20-15-21-19(10-14-30-21)22(27-20)26-18-8-6-17(24)7-9-18/h6-10,14-16H,2-5,11-13H2,1H3,(H,25,29)(H,26,27)/t16-/m1/s1. The van der Waals surface area contributed by atoms with Crippen molar-refractivity contribution in [3.63, 3.8) is 0 Å². The second-order valence-electron chi connectivity index (χ2n) is 7.81. The number of pyridine rings is 1. The lowest BCUT2D eigenvalue weighted by Gasteiger charge is -2.33. The first-order valence-corrected chi connectivity index (χ1v) is 10.9. The molecule has 7 heteroatoms. The fourth-order valence-corrected chi connectivity index (χ4v) is 4.04. The van der Waals surface area contributed by atoms with Crippen molar-refractivity contribution in [2.75, 3.05) is 25.0 Å². The van der Waals surface area contributed by atoms with Gasteiger partial charge in [0.25, 0.3) is 5.91 Å². The number of carbonyl (C=O) groups is 1. The lowest BCUT2D eigenvalue weighted by molar-refractivity contribution is 0.0944. The van der Waals surface area contributed by atoms with Crippen LogP contribution in [0.2, 0.25) is 5.02 Å². The van der Waals surface area contributed by atoms with Gasteiger partial charge in [0.05, 0.1) is 11.6 Å². The highest BCUT2D eigenvalue weighted by Crippen LogP contribution is 2.27. The summed E-state index contributed by atoms with van der Waals surface area (Å²) in [7, 11) is 0. The fourth-order valence-electron chi connectivity index (χ4n) is 3.91. The van der Waals surface area contributed by atoms with Crippen molar-refractivity contribution in [3.05, 3.63) is 53.4 Å². The molecule has 1 amide bonds. The van der Waals surface area contributed by atoms with Crippen molar-refractivity contribution in [2.45, 2.75) is 38.6 Å². The van der Waals surface area contributed by atoms with Gasteiger partial charge in [-0.3, -0.25) is 4.79 Å². The minimum absolute atomic E-state index is 0.195. The Kier molecular flexibility index (Phi) is 6.55. The Morgan fingerprint density at radius 2 is 2.10 bits per heavy atom. The van der Waals surface area contributed by atoms with Crippen molar-refractivity contribution in [3.8, 4) is 0 Å². The molecule has 2 aromatic heterocycles. The van der Waals surface area contributed by atoms with Crippen LogP contribution in [0, 0.1) is 0 Å². The fraction of sp³-hybridized carbons (Fsp3) is 0.391. The molecule has 4 rings (SSSR count). The van der Waals surface area contributed by atoms with Gasteiger partial charge >= 0.3 is 0 Å². The Bertz CT molecular complexity index is 1000. The van der Waals surface area contributed by atoms with E-state index >= 15 is 0 Å². The molecule has 30 heavy (non-hydrogen) atoms. The Balaban J connectivity index is 1.40. The van der Waals surface area contributed by atoms with Crippen LogP contribution in [-0.2, 0) is 0 Å². The molecular formula is C23H27ClN4O2. The quantitative estimate of drug-likeness (QED) is 0.507. The second-order valence-corrected chi connectivity index (χ2v) is 8.25. The molecule has 6 nitrogen and oxygen atoms in total. The summed E-state index contributed by atoms with van der Waals surface area (Å²) in [4.78, 5) is 19.8. The molecule has 0 spiro atoms. The van der Waals surface area contributed by atoms with E-state index in [1.165, 1.54) is 19.3 Å². The van der Waals surface area contributed by atoms with Crippen LogP contribution in [0.4, 0.5) is 11.5 Å². The summed E-state index contributed by atoms with van der Waals surface area (Å²) in [5.41, 5.74) is 1.79. The first-order chi connectivity index (χ1) is 14.6. The SMILES string of the molecule is C[C@@H]1CCCCN1CCCNC(=O)c1cc2occc2c(Nc2ccc(Cl)cc2)n1. The number of rotatable bonds is 7. The number of nitrogens with zero attached hydrogens (tertiary/aromatic N) is 2. The Morgan fingerprint density at radius 1 is 1.27 bits per heavy atom. The Morgan fingerprint density at radius 3 is 2.90 bits per heavy atom. The zero-order chi connectivity index (χ0) is 20.9. The Labute approximate surface area is 181 Å². The summed E-state index contributed by atoms with van der Waals surface area (Å²) >= 11 is 5.96. The highest BCUT2D eigenvalue weighted by atomic mass is 35.5. The van der Waals surface area contributed by atoms with Crippen molar-refractivity contribution in [1.29, 1.82) is 0 Å². The first kappa shape index (κ1) is 20.7. The van der Waals surface area contributed by atoms with Gasteiger partial charge in [-0.05, 0) is 63.1 Å². The zero-order valence-electron chi connectivity index (χ0n) is 17.2. The molecule has 0 radical (unpaired) electrons. The molecule has 1 atom stereocenters. The first-order valence-electron chi connectivity index (χ1n) is 10.5. The molecule has 158 valence electrons. The maximum absolute atomic E-state index is 12.7. The number of hydrogen-bond donors (Lipinski definition) is 2. The monoisotopic (exact) mass is 426 g/mol. The van der Waals surface area contributed by atoms with Gasteiger partial charge in [-0.25, -0.2) is 4.98 Å². The highest BCUT2D eigenvalue weighted by molar-refractivity contribution is 6.30. The van der Waals surface area contributed by atoms with Crippen LogP contribution in [0.25, 0.3) is 11.0 Å². The lowest BCUT2D eigenvalue weighted by Crippen LogP contribution is -2.39. The van der Waals surface area contributed by atoms with Gasteiger partial charge in [-0.1, -0.05) is 18.0 Å². The number of fused-ring (bicyclic) bond motifs is 1. The largest absolute Gasteiger partial charge is 0.464 e. The van der Waals surface area contributed by atoms with Gasteiger partial charge in [0.15, 0.2) is 0 Å². The molecule has 1 aromatic carbocycles. The van der Waals surface area contributed by atoms with Gasteiger partial charge in [0, 0.05) is 35.9 Å². The maximum Gasteiger partial charge on any atom is 0.270 e. The summed E-state index contributed by atoms with van der Waals surface area (Å²) < 4.78 is 5.54. The molecule has 3 aromatic rings. The summed E-state index contributed by atoms with van der Waals surface area (Å²) in [6.45, 7) is 5.08. The molecule has 1 fully saturated rings. The summed E-state index contributed by atoms with van der Waals surface area (Å²) in [6, 6.07) is 11.5. The number of anilines is 2. The van der Waals surface area contributed by atoms with Crippen molar-refractivity contribution < 1.29 is 9.21 Å². The second kappa shape index (κ2) is 9.49. The minimum Gasteiger partial charge on any atom is -0.464 e. The number of benzene rings is 1. The van der Waals surface area contributed by atoms with Crippen molar-refractivity contribution >= 4 is 40.0 Å². The summed E-state index contributed by atoms with van der Waals surface area (Å²) in [6.07, 6.45) is 6.38. The van der Waals surface area contributed by atoms with Gasteiger partial charge in [-0.15, -0.1) is 0 Å². The molecule has 1 aliphatic rings. The number of amides is 1. The minimum atomic E-state index is -0.195. The molecule has 1 saturated heterocycles. The van der Waals surface area contributed by atoms with Gasteiger partial charge in [0.1, 0.15) is 17.1 Å². The smallest absolute Gasteiger partial charge is 0.270 e. The molecule has 2 N–H and O–H groups in total. The third kappa shape index (κ3) is 4.94. The predicted molar refractivity (Wildman–Crippen MR) is 121 cm³/mol. The van der Waals surface area contributed by atoms with E-state index in [0.29, 0.717) is 34.7 Å². The number of piperidine rings is 1. The van der Waals surface area contributed by atoms with E-state index in [2.05, 4.69) is 27.4 Å². The lowest BCUT2D eigenvalue weighted by atomic mass is 10.0. The Hall–Kier alpha value is -2.57. The van der Waals surface area contributed by atoms with Gasteiger partial charge in [0.2, 0.25) is 0 Å². The van der Waals surface area contributed by atoms with Crippen LogP contribution in [0.15, 0.2) is 47.1 Å². The van der Waals surface area contributed by atoms with Gasteiger partial charge in [-0.2, -0.15) is 0 Å². The number of aromatic nitrogens is 1. The van der Waals surface area contributed by atoms with Crippen LogP contribution >= 0.6 is 11.6 Å².